The van der Waals surface area contributed by atoms with Crippen LogP contribution in [0.4, 0.5) is 5.69 Å². The van der Waals surface area contributed by atoms with Crippen LogP contribution in [-0.2, 0) is 27.3 Å². The first-order valence-corrected chi connectivity index (χ1v) is 12.5. The second kappa shape index (κ2) is 14.5. The molecule has 0 saturated heterocycles. The maximum absolute atomic E-state index is 12.8. The van der Waals surface area contributed by atoms with E-state index in [0.717, 1.165) is 18.4 Å². The molecular weight excluding hydrogens is 486 g/mol. The topological polar surface area (TPSA) is 87.7 Å². The summed E-state index contributed by atoms with van der Waals surface area (Å²) in [6.45, 7) is 0.798. The van der Waals surface area contributed by atoms with Crippen molar-refractivity contribution in [2.45, 2.75) is 32.2 Å². The molecule has 0 heterocycles. The van der Waals surface area contributed by atoms with E-state index >= 15 is 0 Å². The quantitative estimate of drug-likeness (QED) is 0.217. The number of thiocarbonyl (C=S) groups is 1. The van der Waals surface area contributed by atoms with Crippen molar-refractivity contribution in [1.82, 2.24) is 10.2 Å². The molecular formula is C29H31N3O4S. The Labute approximate surface area is 222 Å². The van der Waals surface area contributed by atoms with Gasteiger partial charge in [0.05, 0.1) is 13.0 Å². The van der Waals surface area contributed by atoms with Crippen molar-refractivity contribution < 1.29 is 19.1 Å². The number of esters is 1. The molecule has 0 radical (unpaired) electrons. The summed E-state index contributed by atoms with van der Waals surface area (Å²) in [7, 11) is 1.74. The molecule has 0 aliphatic rings. The van der Waals surface area contributed by atoms with Crippen LogP contribution in [0, 0.1) is 0 Å². The van der Waals surface area contributed by atoms with E-state index in [0.29, 0.717) is 24.4 Å². The Morgan fingerprint density at radius 2 is 1.54 bits per heavy atom. The fourth-order valence-electron chi connectivity index (χ4n) is 3.63. The second-order valence-electron chi connectivity index (χ2n) is 8.54. The molecule has 0 atom stereocenters. The SMILES string of the molecule is CN(Cc1ccccc1)C(=O)c1cccc(NC(=S)NC(=O)CCC(=O)OCCCc2ccccc2)c1. The van der Waals surface area contributed by atoms with Crippen molar-refractivity contribution in [3.8, 4) is 0 Å². The number of aryl methyl sites for hydroxylation is 1. The summed E-state index contributed by atoms with van der Waals surface area (Å²) in [6, 6.07) is 26.6. The number of hydrogen-bond donors (Lipinski definition) is 2. The van der Waals surface area contributed by atoms with E-state index in [-0.39, 0.29) is 23.9 Å². The molecule has 0 saturated carbocycles. The van der Waals surface area contributed by atoms with E-state index in [4.69, 9.17) is 17.0 Å². The minimum Gasteiger partial charge on any atom is -0.466 e. The number of hydrogen-bond acceptors (Lipinski definition) is 5. The van der Waals surface area contributed by atoms with E-state index in [9.17, 15) is 14.4 Å². The minimum atomic E-state index is -0.423. The predicted molar refractivity (Wildman–Crippen MR) is 148 cm³/mol. The lowest BCUT2D eigenvalue weighted by Gasteiger charge is -2.18. The molecule has 3 rings (SSSR count). The van der Waals surface area contributed by atoms with Gasteiger partial charge in [0.15, 0.2) is 5.11 Å². The number of amides is 2. The molecule has 0 fully saturated rings. The van der Waals surface area contributed by atoms with Gasteiger partial charge in [0.2, 0.25) is 5.91 Å². The Kier molecular flexibility index (Phi) is 10.8. The Bertz CT molecular complexity index is 1200. The Balaban J connectivity index is 1.37. The van der Waals surface area contributed by atoms with Crippen LogP contribution in [0.25, 0.3) is 0 Å². The Hall–Kier alpha value is -4.04. The van der Waals surface area contributed by atoms with Gasteiger partial charge in [0, 0.05) is 31.3 Å². The summed E-state index contributed by atoms with van der Waals surface area (Å²) >= 11 is 5.22. The lowest BCUT2D eigenvalue weighted by molar-refractivity contribution is -0.145. The van der Waals surface area contributed by atoms with Gasteiger partial charge < -0.3 is 20.3 Å². The first-order chi connectivity index (χ1) is 17.9. The van der Waals surface area contributed by atoms with Crippen molar-refractivity contribution in [1.29, 1.82) is 0 Å². The normalized spacial score (nSPS) is 10.3. The van der Waals surface area contributed by atoms with Crippen LogP contribution in [0.1, 0.15) is 40.7 Å². The molecule has 0 unspecified atom stereocenters. The van der Waals surface area contributed by atoms with Gasteiger partial charge in [0.25, 0.3) is 5.91 Å². The van der Waals surface area contributed by atoms with E-state index in [1.54, 1.807) is 36.2 Å². The summed E-state index contributed by atoms with van der Waals surface area (Å²) in [4.78, 5) is 38.6. The number of anilines is 1. The maximum atomic E-state index is 12.8. The lowest BCUT2D eigenvalue weighted by atomic mass is 10.1. The first-order valence-electron chi connectivity index (χ1n) is 12.1. The van der Waals surface area contributed by atoms with Gasteiger partial charge in [-0.2, -0.15) is 0 Å². The summed E-state index contributed by atoms with van der Waals surface area (Å²) in [6.07, 6.45) is 1.48. The van der Waals surface area contributed by atoms with Crippen LogP contribution >= 0.6 is 12.2 Å². The highest BCUT2D eigenvalue weighted by molar-refractivity contribution is 7.80. The van der Waals surface area contributed by atoms with Crippen LogP contribution in [0.5, 0.6) is 0 Å². The molecule has 192 valence electrons. The van der Waals surface area contributed by atoms with Crippen molar-refractivity contribution in [2.24, 2.45) is 0 Å². The molecule has 0 aliphatic carbocycles. The zero-order valence-electron chi connectivity index (χ0n) is 20.8. The van der Waals surface area contributed by atoms with Gasteiger partial charge >= 0.3 is 5.97 Å². The summed E-state index contributed by atoms with van der Waals surface area (Å²) < 4.78 is 5.20. The molecule has 2 amide bonds. The van der Waals surface area contributed by atoms with Crippen LogP contribution in [-0.4, -0.2) is 41.5 Å². The predicted octanol–water partition coefficient (Wildman–Crippen LogP) is 4.73. The van der Waals surface area contributed by atoms with Crippen LogP contribution in [0.3, 0.4) is 0 Å². The van der Waals surface area contributed by atoms with Crippen molar-refractivity contribution in [2.75, 3.05) is 19.0 Å². The maximum Gasteiger partial charge on any atom is 0.306 e. The summed E-state index contributed by atoms with van der Waals surface area (Å²) in [5.74, 6) is -0.953. The number of carbonyl (C=O) groups is 3. The molecule has 2 N–H and O–H groups in total. The highest BCUT2D eigenvalue weighted by Crippen LogP contribution is 2.14. The zero-order chi connectivity index (χ0) is 26.5. The summed E-state index contributed by atoms with van der Waals surface area (Å²) in [5, 5.41) is 5.56. The van der Waals surface area contributed by atoms with Crippen molar-refractivity contribution >= 4 is 40.8 Å². The molecule has 8 heteroatoms. The Morgan fingerprint density at radius 3 is 2.24 bits per heavy atom. The molecule has 0 aromatic heterocycles. The number of nitrogens with zero attached hydrogens (tertiary/aromatic N) is 1. The third-order valence-corrected chi connectivity index (χ3v) is 5.71. The van der Waals surface area contributed by atoms with Crippen LogP contribution in [0.2, 0.25) is 0 Å². The molecule has 3 aromatic rings. The van der Waals surface area contributed by atoms with Gasteiger partial charge in [-0.1, -0.05) is 66.7 Å². The van der Waals surface area contributed by atoms with Gasteiger partial charge in [-0.15, -0.1) is 0 Å². The highest BCUT2D eigenvalue weighted by atomic mass is 32.1. The van der Waals surface area contributed by atoms with Gasteiger partial charge in [-0.05, 0) is 54.4 Å². The average molecular weight is 518 g/mol. The number of benzene rings is 3. The molecule has 3 aromatic carbocycles. The number of rotatable bonds is 11. The van der Waals surface area contributed by atoms with Gasteiger partial charge in [-0.25, -0.2) is 0 Å². The number of ether oxygens (including phenoxy) is 1. The van der Waals surface area contributed by atoms with E-state index in [1.807, 2.05) is 60.7 Å². The molecule has 37 heavy (non-hydrogen) atoms. The third kappa shape index (κ3) is 9.85. The summed E-state index contributed by atoms with van der Waals surface area (Å²) in [5.41, 5.74) is 3.29. The molecule has 0 spiro atoms. The zero-order valence-corrected chi connectivity index (χ0v) is 21.6. The van der Waals surface area contributed by atoms with Gasteiger partial charge in [-0.3, -0.25) is 14.4 Å². The lowest BCUT2D eigenvalue weighted by Crippen LogP contribution is -2.34. The molecule has 7 nitrogen and oxygen atoms in total. The average Bonchev–Trinajstić information content (AvgIpc) is 2.90. The van der Waals surface area contributed by atoms with Crippen LogP contribution in [0.15, 0.2) is 84.9 Å². The smallest absolute Gasteiger partial charge is 0.306 e. The minimum absolute atomic E-state index is 0.0302. The molecule has 0 bridgehead atoms. The third-order valence-electron chi connectivity index (χ3n) is 5.50. The number of carbonyl (C=O) groups excluding carboxylic acids is 3. The van der Waals surface area contributed by atoms with E-state index < -0.39 is 11.9 Å². The van der Waals surface area contributed by atoms with E-state index in [2.05, 4.69) is 10.6 Å². The van der Waals surface area contributed by atoms with Crippen LogP contribution < -0.4 is 10.6 Å². The highest BCUT2D eigenvalue weighted by Gasteiger charge is 2.14. The van der Waals surface area contributed by atoms with Crippen molar-refractivity contribution in [3.05, 3.63) is 102 Å². The fraction of sp³-hybridized carbons (Fsp3) is 0.241. The second-order valence-corrected chi connectivity index (χ2v) is 8.95. The first kappa shape index (κ1) is 27.5. The number of nitrogens with one attached hydrogen (secondary N) is 2. The van der Waals surface area contributed by atoms with E-state index in [1.165, 1.54) is 5.56 Å². The Morgan fingerprint density at radius 1 is 0.865 bits per heavy atom. The standard InChI is InChI=1S/C29H31N3O4S/c1-32(21-23-12-6-3-7-13-23)28(35)24-15-8-16-25(20-24)30-29(37)31-26(33)17-18-27(34)36-19-9-14-22-10-4-2-5-11-22/h2-8,10-13,15-16,20H,9,14,17-19,21H2,1H3,(H2,30,31,33,37). The van der Waals surface area contributed by atoms with Gasteiger partial charge in [0.1, 0.15) is 0 Å². The fourth-order valence-corrected chi connectivity index (χ4v) is 3.86. The largest absolute Gasteiger partial charge is 0.466 e. The monoisotopic (exact) mass is 517 g/mol. The van der Waals surface area contributed by atoms with Crippen molar-refractivity contribution in [3.63, 3.8) is 0 Å². The molecule has 0 aliphatic heterocycles.